The van der Waals surface area contributed by atoms with E-state index in [9.17, 15) is 14.4 Å². The molecule has 1 aromatic rings. The third-order valence-electron chi connectivity index (χ3n) is 4.83. The fourth-order valence-electron chi connectivity index (χ4n) is 3.43. The summed E-state index contributed by atoms with van der Waals surface area (Å²) >= 11 is 11.9. The quantitative estimate of drug-likeness (QED) is 0.784. The molecule has 2 fully saturated rings. The molecule has 2 aliphatic rings. The number of benzene rings is 1. The number of nitrogens with zero attached hydrogens (tertiary/aromatic N) is 1. The monoisotopic (exact) mass is 383 g/mol. The van der Waals surface area contributed by atoms with Crippen LogP contribution in [0.1, 0.15) is 44.2 Å². The number of rotatable bonds is 4. The first-order valence-corrected chi connectivity index (χ1v) is 8.96. The molecule has 25 heavy (non-hydrogen) atoms. The average Bonchev–Trinajstić information content (AvgIpc) is 3.11. The highest BCUT2D eigenvalue weighted by atomic mass is 35.5. The zero-order valence-electron chi connectivity index (χ0n) is 13.8. The van der Waals surface area contributed by atoms with Crippen LogP contribution >= 0.6 is 23.2 Å². The number of amides is 4. The summed E-state index contributed by atoms with van der Waals surface area (Å²) in [6, 6.07) is 4.27. The van der Waals surface area contributed by atoms with Gasteiger partial charge in [0.15, 0.2) is 0 Å². The molecule has 1 aromatic carbocycles. The second kappa shape index (κ2) is 6.84. The van der Waals surface area contributed by atoms with Crippen LogP contribution in [0.25, 0.3) is 0 Å². The van der Waals surface area contributed by atoms with Gasteiger partial charge in [-0.05, 0) is 37.5 Å². The standard InChI is InChI=1S/C17H19Cl2N3O3/c1-10(11-4-5-12(18)13(19)8-11)20-14(23)9-22-15(24)17(21-16(22)25)6-2-3-7-17/h4-5,8,10H,2-3,6-7,9H2,1H3,(H,20,23)(H,21,25)/t10-/m0/s1. The first-order chi connectivity index (χ1) is 11.8. The van der Waals surface area contributed by atoms with E-state index >= 15 is 0 Å². The fourth-order valence-corrected chi connectivity index (χ4v) is 3.74. The third kappa shape index (κ3) is 3.46. The van der Waals surface area contributed by atoms with Gasteiger partial charge in [-0.2, -0.15) is 0 Å². The van der Waals surface area contributed by atoms with Crippen LogP contribution in [-0.2, 0) is 9.59 Å². The molecular weight excluding hydrogens is 365 g/mol. The topological polar surface area (TPSA) is 78.5 Å². The van der Waals surface area contributed by atoms with Crippen molar-refractivity contribution < 1.29 is 14.4 Å². The van der Waals surface area contributed by atoms with Crippen LogP contribution < -0.4 is 10.6 Å². The van der Waals surface area contributed by atoms with Gasteiger partial charge in [-0.1, -0.05) is 42.1 Å². The van der Waals surface area contributed by atoms with E-state index < -0.39 is 17.5 Å². The molecule has 134 valence electrons. The molecule has 1 atom stereocenters. The van der Waals surface area contributed by atoms with Crippen LogP contribution in [0.2, 0.25) is 10.0 Å². The zero-order chi connectivity index (χ0) is 18.2. The molecule has 0 bridgehead atoms. The maximum atomic E-state index is 12.5. The Morgan fingerprint density at radius 1 is 1.28 bits per heavy atom. The van der Waals surface area contributed by atoms with Crippen LogP contribution in [0.15, 0.2) is 18.2 Å². The second-order valence-electron chi connectivity index (χ2n) is 6.57. The number of hydrogen-bond donors (Lipinski definition) is 2. The summed E-state index contributed by atoms with van der Waals surface area (Å²) in [5, 5.41) is 6.37. The number of halogens is 2. The smallest absolute Gasteiger partial charge is 0.325 e. The van der Waals surface area contributed by atoms with E-state index in [-0.39, 0.29) is 18.5 Å². The number of urea groups is 1. The van der Waals surface area contributed by atoms with Crippen molar-refractivity contribution in [3.8, 4) is 0 Å². The highest BCUT2D eigenvalue weighted by Crippen LogP contribution is 2.35. The molecule has 6 nitrogen and oxygen atoms in total. The highest BCUT2D eigenvalue weighted by molar-refractivity contribution is 6.42. The van der Waals surface area contributed by atoms with E-state index in [4.69, 9.17) is 23.2 Å². The van der Waals surface area contributed by atoms with Gasteiger partial charge in [-0.15, -0.1) is 0 Å². The van der Waals surface area contributed by atoms with Crippen LogP contribution in [0.5, 0.6) is 0 Å². The SMILES string of the molecule is C[C@H](NC(=O)CN1C(=O)NC2(CCCC2)C1=O)c1ccc(Cl)c(Cl)c1. The van der Waals surface area contributed by atoms with E-state index in [1.54, 1.807) is 25.1 Å². The van der Waals surface area contributed by atoms with Crippen LogP contribution in [-0.4, -0.2) is 34.8 Å². The number of hydrogen-bond acceptors (Lipinski definition) is 3. The van der Waals surface area contributed by atoms with Crippen molar-refractivity contribution in [3.05, 3.63) is 33.8 Å². The number of carbonyl (C=O) groups excluding carboxylic acids is 3. The van der Waals surface area contributed by atoms with Crippen molar-refractivity contribution in [2.75, 3.05) is 6.54 Å². The van der Waals surface area contributed by atoms with Crippen molar-refractivity contribution in [1.82, 2.24) is 15.5 Å². The molecule has 1 aliphatic heterocycles. The average molecular weight is 384 g/mol. The van der Waals surface area contributed by atoms with Gasteiger partial charge in [0.05, 0.1) is 16.1 Å². The summed E-state index contributed by atoms with van der Waals surface area (Å²) in [6.45, 7) is 1.50. The Morgan fingerprint density at radius 3 is 2.60 bits per heavy atom. The minimum atomic E-state index is -0.799. The molecule has 3 rings (SSSR count). The Labute approximate surface area is 155 Å². The zero-order valence-corrected chi connectivity index (χ0v) is 15.3. The largest absolute Gasteiger partial charge is 0.348 e. The molecule has 0 aromatic heterocycles. The molecule has 4 amide bonds. The van der Waals surface area contributed by atoms with Gasteiger partial charge >= 0.3 is 6.03 Å². The van der Waals surface area contributed by atoms with Crippen LogP contribution in [0.4, 0.5) is 4.79 Å². The summed E-state index contributed by atoms with van der Waals surface area (Å²) in [7, 11) is 0. The van der Waals surface area contributed by atoms with Gasteiger partial charge in [0.25, 0.3) is 5.91 Å². The maximum absolute atomic E-state index is 12.5. The Morgan fingerprint density at radius 2 is 1.96 bits per heavy atom. The lowest BCUT2D eigenvalue weighted by atomic mass is 9.98. The maximum Gasteiger partial charge on any atom is 0.325 e. The molecule has 0 unspecified atom stereocenters. The summed E-state index contributed by atoms with van der Waals surface area (Å²) in [5.74, 6) is -0.704. The summed E-state index contributed by atoms with van der Waals surface area (Å²) in [5.41, 5.74) is -0.0145. The van der Waals surface area contributed by atoms with E-state index in [2.05, 4.69) is 10.6 Å². The third-order valence-corrected chi connectivity index (χ3v) is 5.56. The van der Waals surface area contributed by atoms with Gasteiger partial charge < -0.3 is 10.6 Å². The highest BCUT2D eigenvalue weighted by Gasteiger charge is 2.52. The first-order valence-electron chi connectivity index (χ1n) is 8.21. The lowest BCUT2D eigenvalue weighted by molar-refractivity contribution is -0.135. The second-order valence-corrected chi connectivity index (χ2v) is 7.39. The number of nitrogens with one attached hydrogen (secondary N) is 2. The van der Waals surface area contributed by atoms with Crippen molar-refractivity contribution in [1.29, 1.82) is 0 Å². The van der Waals surface area contributed by atoms with E-state index in [1.807, 2.05) is 0 Å². The van der Waals surface area contributed by atoms with Gasteiger partial charge in [-0.3, -0.25) is 14.5 Å². The van der Waals surface area contributed by atoms with Gasteiger partial charge in [0.2, 0.25) is 5.91 Å². The minimum absolute atomic E-state index is 0.294. The van der Waals surface area contributed by atoms with Gasteiger partial charge in [-0.25, -0.2) is 4.79 Å². The Kier molecular flexibility index (Phi) is 4.93. The molecule has 2 N–H and O–H groups in total. The van der Waals surface area contributed by atoms with Crippen molar-refractivity contribution in [2.24, 2.45) is 0 Å². The van der Waals surface area contributed by atoms with E-state index in [0.717, 1.165) is 23.3 Å². The first kappa shape index (κ1) is 18.0. The minimum Gasteiger partial charge on any atom is -0.348 e. The van der Waals surface area contributed by atoms with Crippen LogP contribution in [0.3, 0.4) is 0 Å². The molecule has 1 spiro atoms. The molecular formula is C17H19Cl2N3O3. The molecule has 1 heterocycles. The molecule has 0 radical (unpaired) electrons. The van der Waals surface area contributed by atoms with Gasteiger partial charge in [0, 0.05) is 0 Å². The lowest BCUT2D eigenvalue weighted by Gasteiger charge is -2.20. The molecule has 1 aliphatic carbocycles. The summed E-state index contributed by atoms with van der Waals surface area (Å²) < 4.78 is 0. The van der Waals surface area contributed by atoms with Crippen molar-refractivity contribution in [2.45, 2.75) is 44.2 Å². The molecule has 1 saturated heterocycles. The predicted molar refractivity (Wildman–Crippen MR) is 94.5 cm³/mol. The van der Waals surface area contributed by atoms with Gasteiger partial charge in [0.1, 0.15) is 12.1 Å². The number of imide groups is 1. The number of carbonyl (C=O) groups is 3. The Hall–Kier alpha value is -1.79. The Bertz CT molecular complexity index is 732. The predicted octanol–water partition coefficient (Wildman–Crippen LogP) is 3.04. The molecule has 1 saturated carbocycles. The summed E-state index contributed by atoms with van der Waals surface area (Å²) in [6.07, 6.45) is 3.07. The lowest BCUT2D eigenvalue weighted by Crippen LogP contribution is -2.45. The van der Waals surface area contributed by atoms with E-state index in [1.165, 1.54) is 0 Å². The van der Waals surface area contributed by atoms with Crippen molar-refractivity contribution >= 4 is 41.0 Å². The van der Waals surface area contributed by atoms with Crippen LogP contribution in [0, 0.1) is 0 Å². The normalized spacial score (nSPS) is 20.0. The fraction of sp³-hybridized carbons (Fsp3) is 0.471. The van der Waals surface area contributed by atoms with E-state index in [0.29, 0.717) is 22.9 Å². The van der Waals surface area contributed by atoms with Crippen molar-refractivity contribution in [3.63, 3.8) is 0 Å². The Balaban J connectivity index is 1.63. The molecule has 8 heteroatoms. The summed E-state index contributed by atoms with van der Waals surface area (Å²) in [4.78, 5) is 37.9.